The minimum atomic E-state index is -0.114. The molecule has 0 amide bonds. The van der Waals surface area contributed by atoms with E-state index in [1.54, 1.807) is 0 Å². The van der Waals surface area contributed by atoms with Crippen molar-refractivity contribution in [3.63, 3.8) is 0 Å². The van der Waals surface area contributed by atoms with Crippen molar-refractivity contribution < 1.29 is 0 Å². The van der Waals surface area contributed by atoms with Gasteiger partial charge in [-0.3, -0.25) is 0 Å². The summed E-state index contributed by atoms with van der Waals surface area (Å²) in [7, 11) is 0. The lowest BCUT2D eigenvalue weighted by atomic mass is 9.82. The van der Waals surface area contributed by atoms with E-state index in [4.69, 9.17) is 5.10 Å². The van der Waals surface area contributed by atoms with E-state index in [2.05, 4.69) is 236 Å². The fourth-order valence-electron chi connectivity index (χ4n) is 9.50. The summed E-state index contributed by atoms with van der Waals surface area (Å²) in [5.74, 6) is 0. The molecule has 0 spiro atoms. The first kappa shape index (κ1) is 35.7. The van der Waals surface area contributed by atoms with Gasteiger partial charge in [-0.2, -0.15) is 5.10 Å². The highest BCUT2D eigenvalue weighted by molar-refractivity contribution is 6.01. The van der Waals surface area contributed by atoms with Gasteiger partial charge in [-0.1, -0.05) is 172 Å². The van der Waals surface area contributed by atoms with Crippen LogP contribution in [0.2, 0.25) is 0 Å². The molecule has 0 saturated heterocycles. The van der Waals surface area contributed by atoms with Crippen LogP contribution in [0.25, 0.3) is 72.2 Å². The van der Waals surface area contributed by atoms with Gasteiger partial charge in [-0.15, -0.1) is 0 Å². The Kier molecular flexibility index (Phi) is 8.38. The first-order valence-electron chi connectivity index (χ1n) is 20.8. The first-order chi connectivity index (χ1) is 29.4. The van der Waals surface area contributed by atoms with Crippen molar-refractivity contribution in [3.05, 3.63) is 223 Å². The summed E-state index contributed by atoms with van der Waals surface area (Å²) in [6, 6.07) is 74.8. The number of benzene rings is 8. The minimum Gasteiger partial charge on any atom is -0.310 e. The van der Waals surface area contributed by atoms with Gasteiger partial charge in [-0.05, 0) is 105 Å². The molecule has 0 radical (unpaired) electrons. The molecule has 0 bridgehead atoms. The molecule has 0 unspecified atom stereocenters. The predicted octanol–water partition coefficient (Wildman–Crippen LogP) is 15.2. The van der Waals surface area contributed by atoms with Crippen LogP contribution in [0.5, 0.6) is 0 Å². The number of hydrogen-bond acceptors (Lipinski definition) is 2. The molecule has 0 atom stereocenters. The van der Waals surface area contributed by atoms with Crippen LogP contribution in [0.15, 0.2) is 206 Å². The minimum absolute atomic E-state index is 0.114. The average Bonchev–Trinajstić information content (AvgIpc) is 3.77. The summed E-state index contributed by atoms with van der Waals surface area (Å²) < 4.78 is 2.15. The quantitative estimate of drug-likeness (QED) is 0.161. The molecule has 3 heteroatoms. The van der Waals surface area contributed by atoms with E-state index >= 15 is 0 Å². The fraction of sp³-hybridized carbons (Fsp3) is 0.0702. The summed E-state index contributed by atoms with van der Waals surface area (Å²) in [6.45, 7) is 6.91. The van der Waals surface area contributed by atoms with E-state index in [0.717, 1.165) is 56.2 Å². The zero-order valence-electron chi connectivity index (χ0n) is 34.0. The van der Waals surface area contributed by atoms with Gasteiger partial charge in [0.1, 0.15) is 0 Å². The van der Waals surface area contributed by atoms with Crippen LogP contribution >= 0.6 is 0 Å². The molecule has 8 aromatic carbocycles. The van der Waals surface area contributed by atoms with Crippen molar-refractivity contribution in [2.45, 2.75) is 26.2 Å². The Labute approximate surface area is 351 Å². The predicted molar refractivity (Wildman–Crippen MR) is 251 cm³/mol. The molecular weight excluding hydrogens is 727 g/mol. The zero-order chi connectivity index (χ0) is 40.4. The molecule has 60 heavy (non-hydrogen) atoms. The highest BCUT2D eigenvalue weighted by atomic mass is 15.2. The Morgan fingerprint density at radius 2 is 1.02 bits per heavy atom. The number of rotatable bonds is 7. The Bertz CT molecular complexity index is 3230. The normalized spacial score (nSPS) is 12.7. The summed E-state index contributed by atoms with van der Waals surface area (Å²) in [5.41, 5.74) is 19.9. The number of anilines is 3. The highest BCUT2D eigenvalue weighted by Gasteiger charge is 2.35. The number of aromatic nitrogens is 2. The Morgan fingerprint density at radius 1 is 0.433 bits per heavy atom. The third-order valence-electron chi connectivity index (χ3n) is 12.6. The lowest BCUT2D eigenvalue weighted by Crippen LogP contribution is -2.16. The molecule has 11 rings (SSSR count). The van der Waals surface area contributed by atoms with Crippen molar-refractivity contribution in [3.8, 4) is 55.9 Å². The monoisotopic (exact) mass is 769 g/mol. The van der Waals surface area contributed by atoms with E-state index < -0.39 is 0 Å². The Morgan fingerprint density at radius 3 is 1.82 bits per heavy atom. The fourth-order valence-corrected chi connectivity index (χ4v) is 9.50. The molecule has 0 N–H and O–H groups in total. The van der Waals surface area contributed by atoms with Crippen molar-refractivity contribution in [2.75, 3.05) is 4.90 Å². The van der Waals surface area contributed by atoms with Crippen LogP contribution in [-0.4, -0.2) is 9.61 Å². The third kappa shape index (κ3) is 5.85. The summed E-state index contributed by atoms with van der Waals surface area (Å²) in [4.78, 5) is 2.41. The second-order valence-electron chi connectivity index (χ2n) is 16.5. The molecule has 0 aliphatic heterocycles. The highest BCUT2D eigenvalue weighted by Crippen LogP contribution is 2.51. The van der Waals surface area contributed by atoms with Gasteiger partial charge in [0.2, 0.25) is 0 Å². The molecule has 2 aromatic heterocycles. The van der Waals surface area contributed by atoms with Crippen LogP contribution in [0, 0.1) is 6.92 Å². The lowest BCUT2D eigenvalue weighted by Gasteiger charge is -2.28. The largest absolute Gasteiger partial charge is 0.310 e. The second-order valence-corrected chi connectivity index (χ2v) is 16.5. The third-order valence-corrected chi connectivity index (χ3v) is 12.6. The number of fused-ring (bicyclic) bond motifs is 6. The lowest BCUT2D eigenvalue weighted by molar-refractivity contribution is 0.660. The number of nitrogens with zero attached hydrogens (tertiary/aromatic N) is 3. The van der Waals surface area contributed by atoms with E-state index in [0.29, 0.717) is 0 Å². The maximum Gasteiger partial charge on any atom is 0.0963 e. The van der Waals surface area contributed by atoms with E-state index in [9.17, 15) is 0 Å². The number of pyridine rings is 1. The van der Waals surface area contributed by atoms with Crippen LogP contribution < -0.4 is 4.90 Å². The van der Waals surface area contributed by atoms with Crippen LogP contribution in [0.1, 0.15) is 30.5 Å². The molecule has 0 saturated carbocycles. The molecule has 0 fully saturated rings. The van der Waals surface area contributed by atoms with Gasteiger partial charge in [0.25, 0.3) is 0 Å². The molecule has 10 aromatic rings. The standard InChI is InChI=1S/C57H43N3/c1-38-55(58-60-54(41-18-8-5-9-19-41)36-44-20-10-11-25-49(44)56(38)60)45-23-14-21-42(34-45)43-22-15-24-47(35-43)59(46-30-28-40(29-31-46)39-16-6-4-7-17-39)48-32-33-51-50-26-12-13-27-52(50)57(2,3)53(51)37-48/h4-37H,1-3H3. The Hall–Kier alpha value is -7.49. The summed E-state index contributed by atoms with van der Waals surface area (Å²) >= 11 is 0. The molecule has 1 aliphatic carbocycles. The van der Waals surface area contributed by atoms with Crippen LogP contribution in [-0.2, 0) is 5.41 Å². The van der Waals surface area contributed by atoms with Crippen molar-refractivity contribution in [1.82, 2.24) is 9.61 Å². The van der Waals surface area contributed by atoms with Gasteiger partial charge in [0, 0.05) is 44.6 Å². The summed E-state index contributed by atoms with van der Waals surface area (Å²) in [6.07, 6.45) is 0. The molecule has 286 valence electrons. The smallest absolute Gasteiger partial charge is 0.0963 e. The molecular formula is C57H43N3. The average molecular weight is 770 g/mol. The first-order valence-corrected chi connectivity index (χ1v) is 20.8. The molecule has 2 heterocycles. The second kappa shape index (κ2) is 14.1. The Balaban J connectivity index is 1.03. The van der Waals surface area contributed by atoms with Crippen molar-refractivity contribution in [1.29, 1.82) is 0 Å². The van der Waals surface area contributed by atoms with Crippen LogP contribution in [0.4, 0.5) is 17.1 Å². The number of aryl methyl sites for hydroxylation is 1. The van der Waals surface area contributed by atoms with Crippen molar-refractivity contribution in [2.24, 2.45) is 0 Å². The number of hydrogen-bond donors (Lipinski definition) is 0. The van der Waals surface area contributed by atoms with Gasteiger partial charge in [0.05, 0.1) is 16.9 Å². The van der Waals surface area contributed by atoms with E-state index in [1.807, 2.05) is 0 Å². The zero-order valence-corrected chi connectivity index (χ0v) is 34.0. The SMILES string of the molecule is Cc1c(-c2cccc(-c3cccc(N(c4ccc(-c5ccccc5)cc4)c4ccc5c(c4)C(C)(C)c4ccccc4-5)c3)c2)nn2c(-c3ccccc3)cc3ccccc3c12. The van der Waals surface area contributed by atoms with E-state index in [1.165, 1.54) is 49.7 Å². The molecule has 1 aliphatic rings. The van der Waals surface area contributed by atoms with Gasteiger partial charge < -0.3 is 4.90 Å². The van der Waals surface area contributed by atoms with Crippen molar-refractivity contribution >= 4 is 33.4 Å². The van der Waals surface area contributed by atoms with Gasteiger partial charge in [0.15, 0.2) is 0 Å². The van der Waals surface area contributed by atoms with Gasteiger partial charge >= 0.3 is 0 Å². The molecule has 3 nitrogen and oxygen atoms in total. The van der Waals surface area contributed by atoms with Crippen LogP contribution in [0.3, 0.4) is 0 Å². The maximum absolute atomic E-state index is 5.36. The maximum atomic E-state index is 5.36. The summed E-state index contributed by atoms with van der Waals surface area (Å²) in [5, 5.41) is 7.77. The van der Waals surface area contributed by atoms with E-state index in [-0.39, 0.29) is 5.41 Å². The van der Waals surface area contributed by atoms with Gasteiger partial charge in [-0.25, -0.2) is 4.52 Å². The topological polar surface area (TPSA) is 20.5 Å².